The van der Waals surface area contributed by atoms with E-state index in [1.54, 1.807) is 0 Å². The fourth-order valence-corrected chi connectivity index (χ4v) is 2.77. The van der Waals surface area contributed by atoms with Crippen molar-refractivity contribution in [1.29, 1.82) is 5.26 Å². The van der Waals surface area contributed by atoms with E-state index in [0.717, 1.165) is 6.54 Å². The van der Waals surface area contributed by atoms with Gasteiger partial charge in [-0.25, -0.2) is 0 Å². The Morgan fingerprint density at radius 3 is 2.60 bits per heavy atom. The largest absolute Gasteiger partial charge is 0.309 e. The Kier molecular flexibility index (Phi) is 1.83. The van der Waals surface area contributed by atoms with Gasteiger partial charge in [-0.1, -0.05) is 30.3 Å². The van der Waals surface area contributed by atoms with Gasteiger partial charge in [0.25, 0.3) is 0 Å². The maximum Gasteiger partial charge on any atom is 0.0725 e. The summed E-state index contributed by atoms with van der Waals surface area (Å²) in [6.45, 7) is 0.961. The molecule has 1 aliphatic heterocycles. The second-order valence-electron chi connectivity index (χ2n) is 4.66. The lowest BCUT2D eigenvalue weighted by Gasteiger charge is -2.16. The van der Waals surface area contributed by atoms with Gasteiger partial charge in [-0.05, 0) is 18.4 Å². The van der Waals surface area contributed by atoms with Gasteiger partial charge < -0.3 is 5.32 Å². The van der Waals surface area contributed by atoms with E-state index >= 15 is 0 Å². The first kappa shape index (κ1) is 8.94. The molecule has 1 aromatic carbocycles. The summed E-state index contributed by atoms with van der Waals surface area (Å²) in [6, 6.07) is 12.9. The van der Waals surface area contributed by atoms with Crippen molar-refractivity contribution in [3.63, 3.8) is 0 Å². The standard InChI is InChI=1S/C13H14N2/c14-8-12-11(9-15-13(12)6-7-13)10-4-2-1-3-5-10/h1-5,11-12,15H,6-7,9H2/t11-,12?/m1/s1. The molecule has 76 valence electrons. The highest BCUT2D eigenvalue weighted by Crippen LogP contribution is 2.51. The van der Waals surface area contributed by atoms with E-state index in [1.165, 1.54) is 18.4 Å². The summed E-state index contributed by atoms with van der Waals surface area (Å²) in [5.74, 6) is 0.554. The van der Waals surface area contributed by atoms with E-state index in [2.05, 4.69) is 35.7 Å². The van der Waals surface area contributed by atoms with Gasteiger partial charge in [-0.3, -0.25) is 0 Å². The summed E-state index contributed by atoms with van der Waals surface area (Å²) in [5.41, 5.74) is 1.48. The Balaban J connectivity index is 1.92. The van der Waals surface area contributed by atoms with Crippen LogP contribution < -0.4 is 5.32 Å². The predicted octanol–water partition coefficient (Wildman–Crippen LogP) is 2.05. The second kappa shape index (κ2) is 3.08. The molecule has 3 rings (SSSR count). The van der Waals surface area contributed by atoms with Crippen molar-refractivity contribution in [2.24, 2.45) is 5.92 Å². The van der Waals surface area contributed by atoms with Gasteiger partial charge in [0.15, 0.2) is 0 Å². The van der Waals surface area contributed by atoms with Crippen LogP contribution in [0.5, 0.6) is 0 Å². The van der Waals surface area contributed by atoms with Crippen LogP contribution in [0.4, 0.5) is 0 Å². The molecular weight excluding hydrogens is 184 g/mol. The van der Waals surface area contributed by atoms with Crippen molar-refractivity contribution in [1.82, 2.24) is 5.32 Å². The molecule has 1 N–H and O–H groups in total. The van der Waals surface area contributed by atoms with Crippen LogP contribution in [0.1, 0.15) is 24.3 Å². The molecule has 0 bridgehead atoms. The maximum atomic E-state index is 9.28. The van der Waals surface area contributed by atoms with Crippen LogP contribution in [0.15, 0.2) is 30.3 Å². The average molecular weight is 198 g/mol. The first-order chi connectivity index (χ1) is 7.36. The van der Waals surface area contributed by atoms with Gasteiger partial charge in [0.1, 0.15) is 0 Å². The van der Waals surface area contributed by atoms with Crippen molar-refractivity contribution >= 4 is 0 Å². The van der Waals surface area contributed by atoms with E-state index in [9.17, 15) is 5.26 Å². The Labute approximate surface area is 89.9 Å². The number of rotatable bonds is 1. The normalized spacial score (nSPS) is 31.4. The van der Waals surface area contributed by atoms with Gasteiger partial charge in [0.2, 0.25) is 0 Å². The summed E-state index contributed by atoms with van der Waals surface area (Å²) in [7, 11) is 0. The van der Waals surface area contributed by atoms with E-state index in [1.807, 2.05) is 6.07 Å². The molecule has 0 aromatic heterocycles. The van der Waals surface area contributed by atoms with Crippen LogP contribution in [-0.4, -0.2) is 12.1 Å². The molecule has 0 amide bonds. The van der Waals surface area contributed by atoms with Crippen LogP contribution in [0.25, 0.3) is 0 Å². The number of nitriles is 1. The number of benzene rings is 1. The van der Waals surface area contributed by atoms with E-state index in [-0.39, 0.29) is 11.5 Å². The zero-order chi connectivity index (χ0) is 10.3. The van der Waals surface area contributed by atoms with E-state index in [4.69, 9.17) is 0 Å². The molecule has 1 aliphatic carbocycles. The zero-order valence-corrected chi connectivity index (χ0v) is 8.61. The molecule has 1 aromatic rings. The van der Waals surface area contributed by atoms with Crippen molar-refractivity contribution in [3.05, 3.63) is 35.9 Å². The Hall–Kier alpha value is -1.33. The Bertz CT molecular complexity index is 400. The Morgan fingerprint density at radius 2 is 2.00 bits per heavy atom. The fourth-order valence-electron chi connectivity index (χ4n) is 2.77. The zero-order valence-electron chi connectivity index (χ0n) is 8.61. The lowest BCUT2D eigenvalue weighted by atomic mass is 9.85. The molecule has 2 atom stereocenters. The molecule has 1 saturated heterocycles. The third-order valence-corrected chi connectivity index (χ3v) is 3.83. The van der Waals surface area contributed by atoms with Gasteiger partial charge in [-0.15, -0.1) is 0 Å². The quantitative estimate of drug-likeness (QED) is 0.749. The van der Waals surface area contributed by atoms with E-state index < -0.39 is 0 Å². The Morgan fingerprint density at radius 1 is 1.27 bits per heavy atom. The monoisotopic (exact) mass is 198 g/mol. The van der Waals surface area contributed by atoms with Crippen molar-refractivity contribution in [2.45, 2.75) is 24.3 Å². The SMILES string of the molecule is N#CC1[C@@H](c2ccccc2)CNC12CC2. The molecule has 1 heterocycles. The van der Waals surface area contributed by atoms with E-state index in [0.29, 0.717) is 5.92 Å². The number of hydrogen-bond donors (Lipinski definition) is 1. The van der Waals surface area contributed by atoms with Crippen molar-refractivity contribution in [2.75, 3.05) is 6.54 Å². The minimum Gasteiger partial charge on any atom is -0.309 e. The number of nitrogens with zero attached hydrogens (tertiary/aromatic N) is 1. The fraction of sp³-hybridized carbons (Fsp3) is 0.462. The highest BCUT2D eigenvalue weighted by molar-refractivity contribution is 5.31. The third kappa shape index (κ3) is 1.27. The molecule has 1 saturated carbocycles. The average Bonchev–Trinajstić information content (AvgIpc) is 2.95. The van der Waals surface area contributed by atoms with Crippen LogP contribution in [-0.2, 0) is 0 Å². The number of hydrogen-bond acceptors (Lipinski definition) is 2. The molecule has 1 spiro atoms. The van der Waals surface area contributed by atoms with Crippen molar-refractivity contribution < 1.29 is 0 Å². The van der Waals surface area contributed by atoms with Crippen LogP contribution in [0, 0.1) is 17.2 Å². The lowest BCUT2D eigenvalue weighted by Crippen LogP contribution is -2.28. The molecule has 15 heavy (non-hydrogen) atoms. The smallest absolute Gasteiger partial charge is 0.0725 e. The van der Waals surface area contributed by atoms with Crippen LogP contribution in [0.3, 0.4) is 0 Å². The molecule has 2 fully saturated rings. The van der Waals surface area contributed by atoms with Crippen LogP contribution >= 0.6 is 0 Å². The summed E-state index contributed by atoms with van der Waals surface area (Å²) < 4.78 is 0. The lowest BCUT2D eigenvalue weighted by molar-refractivity contribution is 0.496. The summed E-state index contributed by atoms with van der Waals surface area (Å²) in [5, 5.41) is 12.8. The van der Waals surface area contributed by atoms with Gasteiger partial charge in [-0.2, -0.15) is 5.26 Å². The molecule has 1 unspecified atom stereocenters. The first-order valence-corrected chi connectivity index (χ1v) is 5.55. The maximum absolute atomic E-state index is 9.28. The molecule has 2 nitrogen and oxygen atoms in total. The summed E-state index contributed by atoms with van der Waals surface area (Å²) in [4.78, 5) is 0. The topological polar surface area (TPSA) is 35.8 Å². The van der Waals surface area contributed by atoms with Gasteiger partial charge >= 0.3 is 0 Å². The predicted molar refractivity (Wildman–Crippen MR) is 58.3 cm³/mol. The minimum atomic E-state index is 0.167. The third-order valence-electron chi connectivity index (χ3n) is 3.83. The highest BCUT2D eigenvalue weighted by atomic mass is 15.1. The minimum absolute atomic E-state index is 0.167. The molecule has 0 radical (unpaired) electrons. The summed E-state index contributed by atoms with van der Waals surface area (Å²) in [6.07, 6.45) is 2.35. The van der Waals surface area contributed by atoms with Gasteiger partial charge in [0.05, 0.1) is 12.0 Å². The highest BCUT2D eigenvalue weighted by Gasteiger charge is 2.56. The molecule has 2 aliphatic rings. The molecular formula is C13H14N2. The number of nitrogens with one attached hydrogen (secondary N) is 1. The summed E-state index contributed by atoms with van der Waals surface area (Å²) >= 11 is 0. The second-order valence-corrected chi connectivity index (χ2v) is 4.66. The van der Waals surface area contributed by atoms with Crippen LogP contribution in [0.2, 0.25) is 0 Å². The van der Waals surface area contributed by atoms with Gasteiger partial charge in [0, 0.05) is 18.0 Å². The first-order valence-electron chi connectivity index (χ1n) is 5.55. The molecule has 2 heteroatoms. The van der Waals surface area contributed by atoms with Crippen molar-refractivity contribution in [3.8, 4) is 6.07 Å².